The van der Waals surface area contributed by atoms with Gasteiger partial charge in [-0.1, -0.05) is 11.6 Å². The molecule has 3 heterocycles. The lowest BCUT2D eigenvalue weighted by Gasteiger charge is -2.35. The molecule has 0 atom stereocenters. The second-order valence-corrected chi connectivity index (χ2v) is 7.94. The molecule has 0 bridgehead atoms. The molecule has 1 aliphatic heterocycles. The topological polar surface area (TPSA) is 70.8 Å². The van der Waals surface area contributed by atoms with Crippen molar-refractivity contribution < 1.29 is 18.0 Å². The van der Waals surface area contributed by atoms with Crippen LogP contribution in [-0.4, -0.2) is 57.8 Å². The van der Waals surface area contributed by atoms with E-state index in [4.69, 9.17) is 11.6 Å². The van der Waals surface area contributed by atoms with Crippen LogP contribution in [0, 0.1) is 19.7 Å². The molecule has 32 heavy (non-hydrogen) atoms. The van der Waals surface area contributed by atoms with Crippen LogP contribution in [0.2, 0.25) is 5.02 Å². The Morgan fingerprint density at radius 1 is 1.12 bits per heavy atom. The van der Waals surface area contributed by atoms with Crippen molar-refractivity contribution in [3.8, 4) is 11.3 Å². The third kappa shape index (κ3) is 3.90. The minimum Gasteiger partial charge on any atom is -0.352 e. The van der Waals surface area contributed by atoms with Gasteiger partial charge in [-0.25, -0.2) is 14.4 Å². The van der Waals surface area contributed by atoms with E-state index in [0.29, 0.717) is 17.1 Å². The third-order valence-corrected chi connectivity index (χ3v) is 5.79. The van der Waals surface area contributed by atoms with Gasteiger partial charge in [0.05, 0.1) is 6.20 Å². The Bertz CT molecular complexity index is 1270. The van der Waals surface area contributed by atoms with Gasteiger partial charge >= 0.3 is 6.43 Å². The van der Waals surface area contributed by atoms with Gasteiger partial charge in [0.2, 0.25) is 0 Å². The molecule has 0 radical (unpaired) electrons. The third-order valence-electron chi connectivity index (χ3n) is 5.56. The van der Waals surface area contributed by atoms with E-state index in [1.54, 1.807) is 18.7 Å². The number of anilines is 1. The highest BCUT2D eigenvalue weighted by Gasteiger charge is 2.28. The molecule has 7 nitrogen and oxygen atoms in total. The second kappa shape index (κ2) is 8.42. The molecular weight excluding hydrogens is 447 g/mol. The Hall–Kier alpha value is -3.14. The van der Waals surface area contributed by atoms with Crippen LogP contribution in [0.25, 0.3) is 16.9 Å². The van der Waals surface area contributed by atoms with Crippen LogP contribution in [0.5, 0.6) is 0 Å². The van der Waals surface area contributed by atoms with Crippen molar-refractivity contribution in [1.29, 1.82) is 0 Å². The maximum atomic E-state index is 14.8. The number of piperazine rings is 1. The predicted octanol–water partition coefficient (Wildman–Crippen LogP) is 3.08. The lowest BCUT2D eigenvalue weighted by atomic mass is 10.1. The molecule has 1 amide bonds. The predicted molar refractivity (Wildman–Crippen MR) is 114 cm³/mol. The summed E-state index contributed by atoms with van der Waals surface area (Å²) < 4.78 is 41.5. The number of rotatable bonds is 3. The average Bonchev–Trinajstić information content (AvgIpc) is 2.77. The van der Waals surface area contributed by atoms with Gasteiger partial charge < -0.3 is 9.80 Å². The van der Waals surface area contributed by atoms with E-state index < -0.39 is 18.1 Å². The fourth-order valence-electron chi connectivity index (χ4n) is 3.63. The molecule has 0 unspecified atom stereocenters. The minimum atomic E-state index is -3.06. The summed E-state index contributed by atoms with van der Waals surface area (Å²) in [6.45, 7) is 3.95. The van der Waals surface area contributed by atoms with Gasteiger partial charge in [-0.15, -0.1) is 0 Å². The first kappa shape index (κ1) is 22.1. The molecule has 168 valence electrons. The molecule has 4 rings (SSSR count). The largest absolute Gasteiger partial charge is 0.352 e. The molecule has 2 aromatic heterocycles. The lowest BCUT2D eigenvalue weighted by Crippen LogP contribution is -2.50. The zero-order chi connectivity index (χ0) is 23.2. The first-order valence-electron chi connectivity index (χ1n) is 9.85. The molecule has 11 heteroatoms. The highest BCUT2D eigenvalue weighted by molar-refractivity contribution is 6.30. The Morgan fingerprint density at radius 3 is 2.44 bits per heavy atom. The quantitative estimate of drug-likeness (QED) is 0.594. The summed E-state index contributed by atoms with van der Waals surface area (Å²) in [4.78, 5) is 36.4. The van der Waals surface area contributed by atoms with Crippen LogP contribution in [0.1, 0.15) is 11.3 Å². The molecule has 1 fully saturated rings. The van der Waals surface area contributed by atoms with Crippen LogP contribution in [-0.2, 0) is 4.79 Å². The lowest BCUT2D eigenvalue weighted by molar-refractivity contribution is -0.143. The molecule has 1 saturated heterocycles. The first-order valence-corrected chi connectivity index (χ1v) is 10.2. The summed E-state index contributed by atoms with van der Waals surface area (Å²) in [7, 11) is 0. The fourth-order valence-corrected chi connectivity index (χ4v) is 3.79. The summed E-state index contributed by atoms with van der Waals surface area (Å²) in [5.74, 6) is -1.49. The average molecular weight is 466 g/mol. The van der Waals surface area contributed by atoms with Crippen molar-refractivity contribution in [2.75, 3.05) is 31.1 Å². The summed E-state index contributed by atoms with van der Waals surface area (Å²) in [5.41, 5.74) is 1.08. The smallest absolute Gasteiger partial charge is 0.315 e. The second-order valence-electron chi connectivity index (χ2n) is 7.51. The number of carbonyl (C=O) groups is 1. The van der Waals surface area contributed by atoms with Crippen molar-refractivity contribution in [2.24, 2.45) is 0 Å². The van der Waals surface area contributed by atoms with Gasteiger partial charge in [-0.2, -0.15) is 8.78 Å². The van der Waals surface area contributed by atoms with E-state index in [0.717, 1.165) is 11.0 Å². The van der Waals surface area contributed by atoms with Gasteiger partial charge in [0, 0.05) is 48.0 Å². The van der Waals surface area contributed by atoms with Crippen LogP contribution >= 0.6 is 11.6 Å². The number of fused-ring (bicyclic) bond motifs is 1. The number of halogens is 4. The number of amides is 1. The van der Waals surface area contributed by atoms with E-state index in [9.17, 15) is 22.8 Å². The Labute approximate surface area is 186 Å². The Balaban J connectivity index is 1.83. The minimum absolute atomic E-state index is 0.0770. The van der Waals surface area contributed by atoms with E-state index in [-0.39, 0.29) is 53.7 Å². The first-order chi connectivity index (χ1) is 15.2. The van der Waals surface area contributed by atoms with E-state index >= 15 is 0 Å². The van der Waals surface area contributed by atoms with Crippen LogP contribution in [0.15, 0.2) is 29.2 Å². The maximum Gasteiger partial charge on any atom is 0.315 e. The van der Waals surface area contributed by atoms with E-state index in [1.165, 1.54) is 22.7 Å². The number of carbonyl (C=O) groups excluding carboxylic acids is 1. The van der Waals surface area contributed by atoms with Crippen LogP contribution in [0.3, 0.4) is 0 Å². The molecule has 0 aliphatic carbocycles. The van der Waals surface area contributed by atoms with Gasteiger partial charge in [-0.3, -0.25) is 14.0 Å². The summed E-state index contributed by atoms with van der Waals surface area (Å²) in [6.07, 6.45) is -1.56. The van der Waals surface area contributed by atoms with Crippen molar-refractivity contribution in [3.05, 3.63) is 56.8 Å². The molecule has 1 aromatic carbocycles. The van der Waals surface area contributed by atoms with Gasteiger partial charge in [0.1, 0.15) is 17.3 Å². The Morgan fingerprint density at radius 2 is 1.81 bits per heavy atom. The van der Waals surface area contributed by atoms with Crippen molar-refractivity contribution in [2.45, 2.75) is 20.3 Å². The summed E-state index contributed by atoms with van der Waals surface area (Å²) in [6, 6.07) is 4.12. The molecular formula is C21H19ClF3N5O2. The number of alkyl halides is 2. The number of nitrogens with zero attached hydrogens (tertiary/aromatic N) is 5. The SMILES string of the molecule is Cc1nc2c(-c3ccc(Cl)cc3F)nc(N3CCN(C(=O)C(F)F)CC3)cn2c(=O)c1C. The highest BCUT2D eigenvalue weighted by atomic mass is 35.5. The molecule has 0 N–H and O–H groups in total. The molecule has 0 saturated carbocycles. The standard InChI is InChI=1S/C21H19ClF3N5O2/c1-11-12(2)26-19-17(14-4-3-13(22)9-15(14)23)27-16(10-30(19)20(11)31)28-5-7-29(8-6-28)21(32)18(24)25/h3-4,9-10,18H,5-8H2,1-2H3. The number of aromatic nitrogens is 3. The van der Waals surface area contributed by atoms with E-state index in [1.807, 2.05) is 0 Å². The zero-order valence-corrected chi connectivity index (χ0v) is 18.0. The number of aryl methyl sites for hydroxylation is 1. The number of hydrogen-bond acceptors (Lipinski definition) is 5. The molecule has 0 spiro atoms. The van der Waals surface area contributed by atoms with Crippen LogP contribution in [0.4, 0.5) is 19.0 Å². The number of hydrogen-bond donors (Lipinski definition) is 0. The van der Waals surface area contributed by atoms with Crippen molar-refractivity contribution in [3.63, 3.8) is 0 Å². The zero-order valence-electron chi connectivity index (χ0n) is 17.3. The van der Waals surface area contributed by atoms with Gasteiger partial charge in [0.25, 0.3) is 11.5 Å². The van der Waals surface area contributed by atoms with Crippen molar-refractivity contribution >= 4 is 29.0 Å². The number of benzene rings is 1. The maximum absolute atomic E-state index is 14.8. The molecule has 1 aliphatic rings. The highest BCUT2D eigenvalue weighted by Crippen LogP contribution is 2.29. The van der Waals surface area contributed by atoms with E-state index in [2.05, 4.69) is 9.97 Å². The summed E-state index contributed by atoms with van der Waals surface area (Å²) >= 11 is 5.88. The molecule has 3 aromatic rings. The van der Waals surface area contributed by atoms with Crippen LogP contribution < -0.4 is 10.5 Å². The monoisotopic (exact) mass is 465 g/mol. The van der Waals surface area contributed by atoms with Gasteiger partial charge in [0.15, 0.2) is 5.65 Å². The Kier molecular flexibility index (Phi) is 5.81. The normalized spacial score (nSPS) is 14.5. The van der Waals surface area contributed by atoms with Crippen molar-refractivity contribution in [1.82, 2.24) is 19.3 Å². The van der Waals surface area contributed by atoms with Gasteiger partial charge in [-0.05, 0) is 32.0 Å². The fraction of sp³-hybridized carbons (Fsp3) is 0.333. The summed E-state index contributed by atoms with van der Waals surface area (Å²) in [5, 5.41) is 0.212.